The van der Waals surface area contributed by atoms with Crippen molar-refractivity contribution in [2.45, 2.75) is 13.5 Å². The maximum Gasteiger partial charge on any atom is 0.325 e. The monoisotopic (exact) mass is 350 g/mol. The van der Waals surface area contributed by atoms with Gasteiger partial charge in [-0.2, -0.15) is 0 Å². The zero-order valence-corrected chi connectivity index (χ0v) is 14.3. The summed E-state index contributed by atoms with van der Waals surface area (Å²) in [5.41, 5.74) is 2.40. The van der Waals surface area contributed by atoms with E-state index >= 15 is 0 Å². The second kappa shape index (κ2) is 8.11. The van der Waals surface area contributed by atoms with Crippen molar-refractivity contribution in [3.8, 4) is 11.3 Å². The van der Waals surface area contributed by atoms with Crippen LogP contribution in [0.1, 0.15) is 21.7 Å². The fourth-order valence-corrected chi connectivity index (χ4v) is 2.46. The smallest absolute Gasteiger partial charge is 0.325 e. The molecule has 0 unspecified atom stereocenters. The zero-order valence-electron chi connectivity index (χ0n) is 14.3. The van der Waals surface area contributed by atoms with Crippen LogP contribution in [0.5, 0.6) is 0 Å². The third kappa shape index (κ3) is 4.16. The number of rotatable bonds is 6. The SMILES string of the molecule is Cc1onc(-c2ccccc2)c1C(=O)NCC(=O)OCc1ccccc1. The Balaban J connectivity index is 1.60. The van der Waals surface area contributed by atoms with E-state index in [4.69, 9.17) is 9.26 Å². The van der Waals surface area contributed by atoms with Crippen molar-refractivity contribution < 1.29 is 18.8 Å². The second-order valence-electron chi connectivity index (χ2n) is 5.66. The van der Waals surface area contributed by atoms with Crippen LogP contribution in [0.2, 0.25) is 0 Å². The van der Waals surface area contributed by atoms with Crippen molar-refractivity contribution in [3.63, 3.8) is 0 Å². The lowest BCUT2D eigenvalue weighted by Gasteiger charge is -2.07. The van der Waals surface area contributed by atoms with E-state index in [1.165, 1.54) is 0 Å². The average Bonchev–Trinajstić information content (AvgIpc) is 3.07. The van der Waals surface area contributed by atoms with Crippen molar-refractivity contribution in [1.82, 2.24) is 10.5 Å². The predicted molar refractivity (Wildman–Crippen MR) is 95.2 cm³/mol. The number of aryl methyl sites for hydroxylation is 1. The van der Waals surface area contributed by atoms with Gasteiger partial charge in [0, 0.05) is 5.56 Å². The molecule has 0 aliphatic heterocycles. The standard InChI is InChI=1S/C20H18N2O4/c1-14-18(19(22-26-14)16-10-6-3-7-11-16)20(24)21-12-17(23)25-13-15-8-4-2-5-9-15/h2-11H,12-13H2,1H3,(H,21,24). The van der Waals surface area contributed by atoms with Gasteiger partial charge >= 0.3 is 5.97 Å². The van der Waals surface area contributed by atoms with Crippen molar-refractivity contribution >= 4 is 11.9 Å². The maximum absolute atomic E-state index is 12.5. The summed E-state index contributed by atoms with van der Waals surface area (Å²) in [4.78, 5) is 24.3. The fraction of sp³-hybridized carbons (Fsp3) is 0.150. The van der Waals surface area contributed by atoms with Gasteiger partial charge in [0.2, 0.25) is 0 Å². The largest absolute Gasteiger partial charge is 0.460 e. The molecule has 3 aromatic rings. The maximum atomic E-state index is 12.5. The molecule has 0 saturated heterocycles. The number of amides is 1. The first-order valence-electron chi connectivity index (χ1n) is 8.14. The van der Waals surface area contributed by atoms with Gasteiger partial charge in [-0.1, -0.05) is 65.8 Å². The van der Waals surface area contributed by atoms with Crippen molar-refractivity contribution in [1.29, 1.82) is 0 Å². The molecule has 3 rings (SSSR count). The van der Waals surface area contributed by atoms with Gasteiger partial charge in [0.25, 0.3) is 5.91 Å². The highest BCUT2D eigenvalue weighted by Crippen LogP contribution is 2.24. The van der Waals surface area contributed by atoms with Crippen molar-refractivity contribution in [2.75, 3.05) is 6.54 Å². The quantitative estimate of drug-likeness (QED) is 0.691. The minimum atomic E-state index is -0.516. The zero-order chi connectivity index (χ0) is 18.4. The summed E-state index contributed by atoms with van der Waals surface area (Å²) in [7, 11) is 0. The molecule has 0 radical (unpaired) electrons. The van der Waals surface area contributed by atoms with Crippen LogP contribution in [0.4, 0.5) is 0 Å². The first-order chi connectivity index (χ1) is 12.6. The lowest BCUT2D eigenvalue weighted by Crippen LogP contribution is -2.31. The summed E-state index contributed by atoms with van der Waals surface area (Å²) in [6, 6.07) is 18.6. The summed E-state index contributed by atoms with van der Waals surface area (Å²) < 4.78 is 10.3. The van der Waals surface area contributed by atoms with Crippen LogP contribution in [-0.2, 0) is 16.1 Å². The third-order valence-electron chi connectivity index (χ3n) is 3.77. The van der Waals surface area contributed by atoms with Crippen LogP contribution in [0, 0.1) is 6.92 Å². The molecular formula is C20H18N2O4. The number of ether oxygens (including phenoxy) is 1. The molecule has 0 spiro atoms. The summed E-state index contributed by atoms with van der Waals surface area (Å²) in [5, 5.41) is 6.52. The van der Waals surface area contributed by atoms with Gasteiger partial charge in [-0.25, -0.2) is 0 Å². The summed E-state index contributed by atoms with van der Waals surface area (Å²) in [6.45, 7) is 1.59. The Morgan fingerprint density at radius 2 is 1.69 bits per heavy atom. The van der Waals surface area contributed by atoms with Gasteiger partial charge in [-0.05, 0) is 12.5 Å². The van der Waals surface area contributed by atoms with Crippen LogP contribution in [-0.4, -0.2) is 23.6 Å². The number of esters is 1. The highest BCUT2D eigenvalue weighted by molar-refractivity contribution is 6.01. The number of nitrogens with zero attached hydrogens (tertiary/aromatic N) is 1. The summed E-state index contributed by atoms with van der Waals surface area (Å²) in [6.07, 6.45) is 0. The van der Waals surface area contributed by atoms with Gasteiger partial charge in [-0.15, -0.1) is 0 Å². The summed E-state index contributed by atoms with van der Waals surface area (Å²) >= 11 is 0. The molecule has 0 bridgehead atoms. The lowest BCUT2D eigenvalue weighted by molar-refractivity contribution is -0.143. The highest BCUT2D eigenvalue weighted by Gasteiger charge is 2.22. The van der Waals surface area contributed by atoms with Gasteiger partial charge in [0.15, 0.2) is 0 Å². The number of hydrogen-bond donors (Lipinski definition) is 1. The molecule has 6 nitrogen and oxygen atoms in total. The third-order valence-corrected chi connectivity index (χ3v) is 3.77. The lowest BCUT2D eigenvalue weighted by atomic mass is 10.1. The molecule has 2 aromatic carbocycles. The topological polar surface area (TPSA) is 81.4 Å². The Morgan fingerprint density at radius 1 is 1.04 bits per heavy atom. The van der Waals surface area contributed by atoms with E-state index in [2.05, 4.69) is 10.5 Å². The Morgan fingerprint density at radius 3 is 2.38 bits per heavy atom. The molecule has 132 valence electrons. The van der Waals surface area contributed by atoms with Crippen LogP contribution >= 0.6 is 0 Å². The molecule has 1 amide bonds. The van der Waals surface area contributed by atoms with Crippen molar-refractivity contribution in [2.24, 2.45) is 0 Å². The predicted octanol–water partition coefficient (Wildman–Crippen LogP) is 3.12. The molecule has 0 atom stereocenters. The van der Waals surface area contributed by atoms with Gasteiger partial charge in [0.1, 0.15) is 30.2 Å². The molecule has 0 aliphatic carbocycles. The number of hydrogen-bond acceptors (Lipinski definition) is 5. The van der Waals surface area contributed by atoms with E-state index in [-0.39, 0.29) is 13.2 Å². The Labute approximate surface area is 150 Å². The second-order valence-corrected chi connectivity index (χ2v) is 5.66. The first kappa shape index (κ1) is 17.4. The minimum Gasteiger partial charge on any atom is -0.460 e. The molecule has 1 aromatic heterocycles. The van der Waals surface area contributed by atoms with E-state index in [1.54, 1.807) is 6.92 Å². The van der Waals surface area contributed by atoms with E-state index in [9.17, 15) is 9.59 Å². The van der Waals surface area contributed by atoms with Crippen LogP contribution in [0.15, 0.2) is 65.2 Å². The Kier molecular flexibility index (Phi) is 5.43. The molecule has 1 heterocycles. The van der Waals surface area contributed by atoms with Gasteiger partial charge in [-0.3, -0.25) is 9.59 Å². The number of nitrogens with one attached hydrogen (secondary N) is 1. The van der Waals surface area contributed by atoms with E-state index < -0.39 is 11.9 Å². The minimum absolute atomic E-state index is 0.164. The molecule has 1 N–H and O–H groups in total. The molecule has 0 aliphatic rings. The molecule has 0 fully saturated rings. The number of carbonyl (C=O) groups is 2. The van der Waals surface area contributed by atoms with Crippen molar-refractivity contribution in [3.05, 3.63) is 77.6 Å². The molecular weight excluding hydrogens is 332 g/mol. The van der Waals surface area contributed by atoms with E-state index in [1.807, 2.05) is 60.7 Å². The number of benzene rings is 2. The number of aromatic nitrogens is 1. The van der Waals surface area contributed by atoms with Gasteiger partial charge in [0.05, 0.1) is 0 Å². The van der Waals surface area contributed by atoms with Crippen LogP contribution < -0.4 is 5.32 Å². The summed E-state index contributed by atoms with van der Waals surface area (Å²) in [5.74, 6) is -0.559. The first-order valence-corrected chi connectivity index (χ1v) is 8.14. The Bertz CT molecular complexity index is 889. The molecule has 6 heteroatoms. The highest BCUT2D eigenvalue weighted by atomic mass is 16.5. The van der Waals surface area contributed by atoms with E-state index in [0.29, 0.717) is 17.0 Å². The average molecular weight is 350 g/mol. The number of carbonyl (C=O) groups excluding carboxylic acids is 2. The molecule has 26 heavy (non-hydrogen) atoms. The fourth-order valence-electron chi connectivity index (χ4n) is 2.46. The van der Waals surface area contributed by atoms with Crippen LogP contribution in [0.3, 0.4) is 0 Å². The molecule has 0 saturated carbocycles. The van der Waals surface area contributed by atoms with E-state index in [0.717, 1.165) is 11.1 Å². The van der Waals surface area contributed by atoms with Gasteiger partial charge < -0.3 is 14.6 Å². The van der Waals surface area contributed by atoms with Crippen LogP contribution in [0.25, 0.3) is 11.3 Å². The normalized spacial score (nSPS) is 10.3. The Hall–Kier alpha value is -3.41.